The molecule has 0 radical (unpaired) electrons. The van der Waals surface area contributed by atoms with Crippen molar-refractivity contribution in [3.05, 3.63) is 53.6 Å². The zero-order chi connectivity index (χ0) is 18.1. The number of fused-ring (bicyclic) bond motifs is 1. The molecular formula is C19H20N4O2. The Morgan fingerprint density at radius 2 is 1.76 bits per heavy atom. The summed E-state index contributed by atoms with van der Waals surface area (Å²) in [6, 6.07) is 13.2. The van der Waals surface area contributed by atoms with Crippen LogP contribution in [0.4, 0.5) is 10.6 Å². The van der Waals surface area contributed by atoms with Gasteiger partial charge in [-0.1, -0.05) is 50.2 Å². The zero-order valence-electron chi connectivity index (χ0n) is 14.1. The molecule has 0 atom stereocenters. The normalized spacial score (nSPS) is 11.0. The number of carbonyl (C=O) groups is 2. The third kappa shape index (κ3) is 3.19. The molecule has 0 saturated carbocycles. The molecule has 0 aliphatic heterocycles. The summed E-state index contributed by atoms with van der Waals surface area (Å²) in [5.41, 5.74) is 14.9. The fourth-order valence-corrected chi connectivity index (χ4v) is 2.93. The van der Waals surface area contributed by atoms with Crippen LogP contribution in [0.1, 0.15) is 35.7 Å². The van der Waals surface area contributed by atoms with Gasteiger partial charge < -0.3 is 16.5 Å². The number of urea groups is 1. The maximum Gasteiger partial charge on any atom is 0.317 e. The number of benzene rings is 2. The third-order valence-electron chi connectivity index (χ3n) is 4.18. The van der Waals surface area contributed by atoms with E-state index >= 15 is 0 Å². The number of aromatic nitrogens is 1. The number of hydrogen-bond acceptors (Lipinski definition) is 2. The molecule has 25 heavy (non-hydrogen) atoms. The SMILES string of the molecule is CC(C)c1cccc(-c2ccc3c(C(N)=O)c(NC(N)=O)[nH]c3c2)c1. The van der Waals surface area contributed by atoms with Crippen molar-refractivity contribution >= 4 is 28.7 Å². The van der Waals surface area contributed by atoms with E-state index in [0.717, 1.165) is 11.1 Å². The molecule has 128 valence electrons. The van der Waals surface area contributed by atoms with Gasteiger partial charge in [0.1, 0.15) is 5.82 Å². The van der Waals surface area contributed by atoms with E-state index < -0.39 is 11.9 Å². The Bertz CT molecular complexity index is 973. The first-order chi connectivity index (χ1) is 11.9. The fraction of sp³-hybridized carbons (Fsp3) is 0.158. The topological polar surface area (TPSA) is 114 Å². The Kier molecular flexibility index (Phi) is 4.19. The van der Waals surface area contributed by atoms with Crippen molar-refractivity contribution < 1.29 is 9.59 Å². The highest BCUT2D eigenvalue weighted by Gasteiger charge is 2.17. The minimum absolute atomic E-state index is 0.211. The Hall–Kier alpha value is -3.28. The molecule has 0 bridgehead atoms. The average Bonchev–Trinajstić information content (AvgIpc) is 2.91. The van der Waals surface area contributed by atoms with Crippen molar-refractivity contribution in [2.45, 2.75) is 19.8 Å². The van der Waals surface area contributed by atoms with Gasteiger partial charge in [0, 0.05) is 10.9 Å². The summed E-state index contributed by atoms with van der Waals surface area (Å²) in [4.78, 5) is 25.9. The lowest BCUT2D eigenvalue weighted by molar-refractivity contribution is 0.100. The van der Waals surface area contributed by atoms with Crippen molar-refractivity contribution in [1.82, 2.24) is 4.98 Å². The van der Waals surface area contributed by atoms with Crippen molar-refractivity contribution in [3.63, 3.8) is 0 Å². The molecule has 0 unspecified atom stereocenters. The largest absolute Gasteiger partial charge is 0.365 e. The molecule has 3 aromatic rings. The van der Waals surface area contributed by atoms with E-state index in [1.807, 2.05) is 30.3 Å². The Morgan fingerprint density at radius 1 is 1.04 bits per heavy atom. The number of anilines is 1. The maximum absolute atomic E-state index is 11.8. The molecule has 3 amide bonds. The molecule has 6 nitrogen and oxygen atoms in total. The van der Waals surface area contributed by atoms with Crippen LogP contribution in [0.5, 0.6) is 0 Å². The van der Waals surface area contributed by atoms with Crippen LogP contribution in [0, 0.1) is 0 Å². The van der Waals surface area contributed by atoms with Crippen LogP contribution in [-0.4, -0.2) is 16.9 Å². The molecular weight excluding hydrogens is 316 g/mol. The number of hydrogen-bond donors (Lipinski definition) is 4. The minimum Gasteiger partial charge on any atom is -0.365 e. The number of amides is 3. The number of nitrogens with one attached hydrogen (secondary N) is 2. The first-order valence-corrected chi connectivity index (χ1v) is 7.99. The lowest BCUT2D eigenvalue weighted by atomic mass is 9.97. The van der Waals surface area contributed by atoms with E-state index in [0.29, 0.717) is 16.8 Å². The second kappa shape index (κ2) is 6.32. The zero-order valence-corrected chi connectivity index (χ0v) is 14.1. The van der Waals surface area contributed by atoms with E-state index in [1.54, 1.807) is 0 Å². The van der Waals surface area contributed by atoms with Crippen LogP contribution in [0.25, 0.3) is 22.0 Å². The summed E-state index contributed by atoms with van der Waals surface area (Å²) in [6.07, 6.45) is 0. The van der Waals surface area contributed by atoms with Crippen molar-refractivity contribution in [1.29, 1.82) is 0 Å². The van der Waals surface area contributed by atoms with Gasteiger partial charge in [0.2, 0.25) is 0 Å². The second-order valence-corrected chi connectivity index (χ2v) is 6.27. The molecule has 6 heteroatoms. The smallest absolute Gasteiger partial charge is 0.317 e. The highest BCUT2D eigenvalue weighted by molar-refractivity contribution is 6.13. The lowest BCUT2D eigenvalue weighted by Crippen LogP contribution is -2.22. The number of H-pyrrole nitrogens is 1. The lowest BCUT2D eigenvalue weighted by Gasteiger charge is -2.08. The minimum atomic E-state index is -0.765. The number of aromatic amines is 1. The van der Waals surface area contributed by atoms with Crippen LogP contribution in [-0.2, 0) is 0 Å². The predicted molar refractivity (Wildman–Crippen MR) is 99.5 cm³/mol. The first kappa shape index (κ1) is 16.6. The van der Waals surface area contributed by atoms with Gasteiger partial charge >= 0.3 is 6.03 Å². The van der Waals surface area contributed by atoms with Gasteiger partial charge in [-0.15, -0.1) is 0 Å². The van der Waals surface area contributed by atoms with E-state index in [4.69, 9.17) is 11.5 Å². The van der Waals surface area contributed by atoms with Gasteiger partial charge in [0.15, 0.2) is 0 Å². The summed E-state index contributed by atoms with van der Waals surface area (Å²) >= 11 is 0. The van der Waals surface area contributed by atoms with Crippen molar-refractivity contribution in [3.8, 4) is 11.1 Å². The van der Waals surface area contributed by atoms with Crippen LogP contribution in [0.3, 0.4) is 0 Å². The second-order valence-electron chi connectivity index (χ2n) is 6.27. The average molecular weight is 336 g/mol. The molecule has 0 spiro atoms. The standard InChI is InChI=1S/C19H20N4O2/c1-10(2)11-4-3-5-12(8-11)13-6-7-14-15(9-13)22-18(23-19(21)25)16(14)17(20)24/h3-10,22H,1-2H3,(H2,20,24)(H3,21,23,25). The number of nitrogens with two attached hydrogens (primary N) is 2. The highest BCUT2D eigenvalue weighted by Crippen LogP contribution is 2.31. The number of primary amides is 2. The molecule has 0 aliphatic carbocycles. The van der Waals surface area contributed by atoms with E-state index in [1.165, 1.54) is 5.56 Å². The predicted octanol–water partition coefficient (Wildman–Crippen LogP) is 3.55. The summed E-state index contributed by atoms with van der Waals surface area (Å²) in [6.45, 7) is 4.29. The Labute approximate surface area is 145 Å². The van der Waals surface area contributed by atoms with Crippen molar-refractivity contribution in [2.24, 2.45) is 11.5 Å². The van der Waals surface area contributed by atoms with Gasteiger partial charge in [0.05, 0.1) is 5.56 Å². The van der Waals surface area contributed by atoms with Gasteiger partial charge in [-0.25, -0.2) is 4.79 Å². The molecule has 6 N–H and O–H groups in total. The maximum atomic E-state index is 11.8. The van der Waals surface area contributed by atoms with Crippen LogP contribution < -0.4 is 16.8 Å². The van der Waals surface area contributed by atoms with E-state index in [-0.39, 0.29) is 11.4 Å². The quantitative estimate of drug-likeness (QED) is 0.583. The molecule has 1 aromatic heterocycles. The van der Waals surface area contributed by atoms with Crippen LogP contribution in [0.15, 0.2) is 42.5 Å². The molecule has 0 aliphatic rings. The number of rotatable bonds is 4. The molecule has 3 rings (SSSR count). The van der Waals surface area contributed by atoms with E-state index in [2.05, 4.69) is 36.3 Å². The van der Waals surface area contributed by atoms with Gasteiger partial charge in [-0.05, 0) is 28.7 Å². The van der Waals surface area contributed by atoms with Crippen molar-refractivity contribution in [2.75, 3.05) is 5.32 Å². The number of carbonyl (C=O) groups excluding carboxylic acids is 2. The Balaban J connectivity index is 2.13. The molecule has 1 heterocycles. The fourth-order valence-electron chi connectivity index (χ4n) is 2.93. The highest BCUT2D eigenvalue weighted by atomic mass is 16.2. The third-order valence-corrected chi connectivity index (χ3v) is 4.18. The van der Waals surface area contributed by atoms with E-state index in [9.17, 15) is 9.59 Å². The molecule has 0 saturated heterocycles. The van der Waals surface area contributed by atoms with Crippen LogP contribution in [0.2, 0.25) is 0 Å². The molecule has 2 aromatic carbocycles. The monoisotopic (exact) mass is 336 g/mol. The van der Waals surface area contributed by atoms with Crippen LogP contribution >= 0.6 is 0 Å². The Morgan fingerprint density at radius 3 is 2.40 bits per heavy atom. The summed E-state index contributed by atoms with van der Waals surface area (Å²) in [5.74, 6) is 0.00892. The summed E-state index contributed by atoms with van der Waals surface area (Å²) < 4.78 is 0. The molecule has 0 fully saturated rings. The summed E-state index contributed by atoms with van der Waals surface area (Å²) in [5, 5.41) is 3.05. The van der Waals surface area contributed by atoms with Gasteiger partial charge in [-0.2, -0.15) is 0 Å². The first-order valence-electron chi connectivity index (χ1n) is 7.99. The summed E-state index contributed by atoms with van der Waals surface area (Å²) in [7, 11) is 0. The van der Waals surface area contributed by atoms with Gasteiger partial charge in [-0.3, -0.25) is 10.1 Å². The van der Waals surface area contributed by atoms with Gasteiger partial charge in [0.25, 0.3) is 5.91 Å².